The van der Waals surface area contributed by atoms with Crippen molar-refractivity contribution in [2.45, 2.75) is 13.8 Å². The van der Waals surface area contributed by atoms with E-state index in [1.807, 2.05) is 24.3 Å². The monoisotopic (exact) mass is 351 g/mol. The molecular formula is C19H17N3O4. The van der Waals surface area contributed by atoms with Crippen LogP contribution in [0.2, 0.25) is 0 Å². The average Bonchev–Trinajstić information content (AvgIpc) is 3.27. The molecule has 0 aliphatic heterocycles. The van der Waals surface area contributed by atoms with Gasteiger partial charge in [0, 0.05) is 17.0 Å². The maximum atomic E-state index is 12.4. The number of nitrogens with one attached hydrogen (secondary N) is 1. The van der Waals surface area contributed by atoms with Gasteiger partial charge in [0.05, 0.1) is 24.2 Å². The molecule has 1 aromatic carbocycles. The Bertz CT molecular complexity index is 1160. The first kappa shape index (κ1) is 16.1. The molecule has 26 heavy (non-hydrogen) atoms. The molecule has 4 aromatic rings. The topological polar surface area (TPSA) is 85.7 Å². The molecule has 7 nitrogen and oxygen atoms in total. The number of rotatable bonds is 4. The summed E-state index contributed by atoms with van der Waals surface area (Å²) in [5.74, 6) is -0.946. The number of H-pyrrole nitrogens is 1. The summed E-state index contributed by atoms with van der Waals surface area (Å²) >= 11 is 0. The van der Waals surface area contributed by atoms with E-state index < -0.39 is 11.9 Å². The second kappa shape index (κ2) is 6.18. The maximum Gasteiger partial charge on any atom is 0.359 e. The van der Waals surface area contributed by atoms with Crippen LogP contribution in [0.25, 0.3) is 27.2 Å². The number of benzene rings is 1. The van der Waals surface area contributed by atoms with E-state index >= 15 is 0 Å². The molecule has 7 heteroatoms. The van der Waals surface area contributed by atoms with Crippen molar-refractivity contribution in [3.63, 3.8) is 0 Å². The van der Waals surface area contributed by atoms with E-state index in [4.69, 9.17) is 9.47 Å². The number of esters is 2. The highest BCUT2D eigenvalue weighted by Crippen LogP contribution is 2.33. The molecule has 0 amide bonds. The van der Waals surface area contributed by atoms with Gasteiger partial charge in [0.15, 0.2) is 5.69 Å². The van der Waals surface area contributed by atoms with Gasteiger partial charge in [-0.15, -0.1) is 0 Å². The van der Waals surface area contributed by atoms with Crippen molar-refractivity contribution in [1.82, 2.24) is 14.4 Å². The van der Waals surface area contributed by atoms with Crippen LogP contribution in [0.3, 0.4) is 0 Å². The van der Waals surface area contributed by atoms with Gasteiger partial charge in [0.25, 0.3) is 0 Å². The lowest BCUT2D eigenvalue weighted by Crippen LogP contribution is -2.07. The Balaban J connectivity index is 2.14. The van der Waals surface area contributed by atoms with Gasteiger partial charge < -0.3 is 14.5 Å². The number of carbonyl (C=O) groups excluding carboxylic acids is 2. The van der Waals surface area contributed by atoms with Gasteiger partial charge in [-0.1, -0.05) is 24.3 Å². The number of ether oxygens (including phenoxy) is 2. The largest absolute Gasteiger partial charge is 0.461 e. The number of carbonyl (C=O) groups is 2. The van der Waals surface area contributed by atoms with Crippen molar-refractivity contribution in [3.05, 3.63) is 48.2 Å². The first-order valence-electron chi connectivity index (χ1n) is 8.40. The van der Waals surface area contributed by atoms with Crippen molar-refractivity contribution in [3.8, 4) is 0 Å². The van der Waals surface area contributed by atoms with Crippen molar-refractivity contribution in [2.24, 2.45) is 0 Å². The number of nitrogens with zero attached hydrogens (tertiary/aromatic N) is 2. The molecule has 0 unspecified atom stereocenters. The third-order valence-corrected chi connectivity index (χ3v) is 4.28. The van der Waals surface area contributed by atoms with Crippen LogP contribution in [-0.4, -0.2) is 39.5 Å². The summed E-state index contributed by atoms with van der Waals surface area (Å²) in [4.78, 5) is 32.0. The number of hydrogen-bond acceptors (Lipinski definition) is 5. The first-order valence-corrected chi connectivity index (χ1v) is 8.40. The second-order valence-electron chi connectivity index (χ2n) is 5.72. The zero-order valence-corrected chi connectivity index (χ0v) is 14.4. The molecule has 4 rings (SSSR count). The molecular weight excluding hydrogens is 334 g/mol. The fourth-order valence-electron chi connectivity index (χ4n) is 3.28. The predicted molar refractivity (Wildman–Crippen MR) is 96.5 cm³/mol. The van der Waals surface area contributed by atoms with Crippen LogP contribution in [0.5, 0.6) is 0 Å². The van der Waals surface area contributed by atoms with E-state index in [2.05, 4.69) is 9.97 Å². The second-order valence-corrected chi connectivity index (χ2v) is 5.72. The molecule has 0 saturated carbocycles. The predicted octanol–water partition coefficient (Wildman–Crippen LogP) is 3.32. The highest BCUT2D eigenvalue weighted by molar-refractivity contribution is 6.19. The molecule has 0 fully saturated rings. The lowest BCUT2D eigenvalue weighted by atomic mass is 10.1. The zero-order chi connectivity index (χ0) is 18.3. The highest BCUT2D eigenvalue weighted by Gasteiger charge is 2.23. The van der Waals surface area contributed by atoms with Crippen molar-refractivity contribution >= 4 is 39.1 Å². The standard InChI is InChI=1S/C19H17N3O4/c1-3-25-18(23)14-17-13(9-20-14)11-7-5-6-8-12(11)16-15(19(24)26-4-2)21-10-22(16)17/h5-10,20H,3-4H2,1-2H3. The van der Waals surface area contributed by atoms with Gasteiger partial charge in [-0.25, -0.2) is 14.6 Å². The van der Waals surface area contributed by atoms with Crippen molar-refractivity contribution in [1.29, 1.82) is 0 Å². The smallest absolute Gasteiger partial charge is 0.359 e. The summed E-state index contributed by atoms with van der Waals surface area (Å²) < 4.78 is 12.0. The Kier molecular flexibility index (Phi) is 3.84. The summed E-state index contributed by atoms with van der Waals surface area (Å²) in [7, 11) is 0. The van der Waals surface area contributed by atoms with Gasteiger partial charge in [-0.3, -0.25) is 4.40 Å². The number of hydrogen-bond donors (Lipinski definition) is 1. The van der Waals surface area contributed by atoms with Crippen LogP contribution >= 0.6 is 0 Å². The minimum absolute atomic E-state index is 0.223. The van der Waals surface area contributed by atoms with E-state index in [0.29, 0.717) is 16.7 Å². The Labute approximate surface area is 148 Å². The minimum Gasteiger partial charge on any atom is -0.461 e. The van der Waals surface area contributed by atoms with Crippen LogP contribution in [-0.2, 0) is 9.47 Å². The lowest BCUT2D eigenvalue weighted by molar-refractivity contribution is 0.0513. The Morgan fingerprint density at radius 1 is 1.00 bits per heavy atom. The van der Waals surface area contributed by atoms with E-state index in [-0.39, 0.29) is 18.9 Å². The van der Waals surface area contributed by atoms with E-state index in [1.165, 1.54) is 6.33 Å². The number of pyridine rings is 1. The molecule has 3 aromatic heterocycles. The quantitative estimate of drug-likeness (QED) is 0.570. The summed E-state index contributed by atoms with van der Waals surface area (Å²) in [5, 5.41) is 2.62. The Morgan fingerprint density at radius 2 is 1.69 bits per heavy atom. The molecule has 1 N–H and O–H groups in total. The van der Waals surface area contributed by atoms with Gasteiger partial charge in [-0.2, -0.15) is 0 Å². The molecule has 0 aliphatic rings. The summed E-state index contributed by atoms with van der Waals surface area (Å²) in [6, 6.07) is 7.68. The van der Waals surface area contributed by atoms with Crippen molar-refractivity contribution < 1.29 is 19.1 Å². The normalized spacial score (nSPS) is 11.3. The molecule has 0 radical (unpaired) electrons. The van der Waals surface area contributed by atoms with Gasteiger partial charge in [-0.05, 0) is 19.2 Å². The molecule has 0 spiro atoms. The van der Waals surface area contributed by atoms with Crippen LogP contribution in [0.1, 0.15) is 34.8 Å². The zero-order valence-electron chi connectivity index (χ0n) is 14.4. The van der Waals surface area contributed by atoms with E-state index in [0.717, 1.165) is 16.2 Å². The van der Waals surface area contributed by atoms with Gasteiger partial charge in [0.2, 0.25) is 0 Å². The summed E-state index contributed by atoms with van der Waals surface area (Å²) in [6.07, 6.45) is 3.31. The molecule has 0 saturated heterocycles. The number of imidazole rings is 1. The number of aromatic amines is 1. The SMILES string of the molecule is CCOC(=O)c1ncn2c1c1ccccc1c1c[nH]c(C(=O)OCC)c12. The summed E-state index contributed by atoms with van der Waals surface area (Å²) in [6.45, 7) is 4.03. The third-order valence-electron chi connectivity index (χ3n) is 4.28. The lowest BCUT2D eigenvalue weighted by Gasteiger charge is -2.08. The fourth-order valence-corrected chi connectivity index (χ4v) is 3.28. The molecule has 3 heterocycles. The van der Waals surface area contributed by atoms with Crippen LogP contribution in [0.15, 0.2) is 36.8 Å². The number of aromatic nitrogens is 3. The molecule has 0 bridgehead atoms. The molecule has 0 aliphatic carbocycles. The van der Waals surface area contributed by atoms with E-state index in [9.17, 15) is 9.59 Å². The summed E-state index contributed by atoms with van der Waals surface area (Å²) in [5.41, 5.74) is 1.78. The first-order chi connectivity index (χ1) is 12.7. The van der Waals surface area contributed by atoms with E-state index in [1.54, 1.807) is 24.4 Å². The van der Waals surface area contributed by atoms with Crippen molar-refractivity contribution in [2.75, 3.05) is 13.2 Å². The Hall–Kier alpha value is -3.35. The fraction of sp³-hybridized carbons (Fsp3) is 0.211. The average molecular weight is 351 g/mol. The van der Waals surface area contributed by atoms with Crippen LogP contribution in [0, 0.1) is 0 Å². The van der Waals surface area contributed by atoms with Crippen LogP contribution < -0.4 is 0 Å². The minimum atomic E-state index is -0.493. The third kappa shape index (κ3) is 2.24. The maximum absolute atomic E-state index is 12.4. The Morgan fingerprint density at radius 3 is 2.42 bits per heavy atom. The highest BCUT2D eigenvalue weighted by atomic mass is 16.5. The molecule has 132 valence electrons. The molecule has 0 atom stereocenters. The van der Waals surface area contributed by atoms with Gasteiger partial charge in [0.1, 0.15) is 12.0 Å². The number of fused-ring (bicyclic) bond motifs is 6. The van der Waals surface area contributed by atoms with Crippen LogP contribution in [0.4, 0.5) is 0 Å². The van der Waals surface area contributed by atoms with Gasteiger partial charge >= 0.3 is 11.9 Å².